The van der Waals surface area contributed by atoms with Gasteiger partial charge in [0.1, 0.15) is 17.3 Å². The molecule has 1 saturated heterocycles. The lowest BCUT2D eigenvalue weighted by molar-refractivity contribution is 0.101. The maximum absolute atomic E-state index is 13.2. The molecule has 0 spiro atoms. The third-order valence-corrected chi connectivity index (χ3v) is 6.13. The predicted octanol–water partition coefficient (Wildman–Crippen LogP) is 4.17. The van der Waals surface area contributed by atoms with Crippen LogP contribution in [-0.4, -0.2) is 47.0 Å². The zero-order chi connectivity index (χ0) is 22.9. The highest BCUT2D eigenvalue weighted by Crippen LogP contribution is 2.42. The third kappa shape index (κ3) is 4.19. The van der Waals surface area contributed by atoms with E-state index in [0.29, 0.717) is 34.7 Å². The fourth-order valence-electron chi connectivity index (χ4n) is 4.37. The van der Waals surface area contributed by atoms with Crippen LogP contribution in [0.4, 0.5) is 10.1 Å². The minimum atomic E-state index is -0.243. The van der Waals surface area contributed by atoms with Crippen LogP contribution in [0.1, 0.15) is 27.2 Å². The standard InChI is InChI=1S/C26H24FN3O3/c1-17-14-22(31)21(16-29-10-12-30(13-11-29)20-7-5-18(27)6-8-20)26-24(17)25(32)23(33-26)15-19-4-2-3-9-28-19/h2-9,14-15,31H,10-13,16H2,1H3/b23-15-. The number of halogens is 1. The van der Waals surface area contributed by atoms with Crippen molar-refractivity contribution < 1.29 is 19.0 Å². The quantitative estimate of drug-likeness (QED) is 0.608. The lowest BCUT2D eigenvalue weighted by Crippen LogP contribution is -2.46. The fraction of sp³-hybridized carbons (Fsp3) is 0.231. The molecule has 2 aliphatic rings. The number of aryl methyl sites for hydroxylation is 1. The number of carbonyl (C=O) groups excluding carboxylic acids is 1. The predicted molar refractivity (Wildman–Crippen MR) is 124 cm³/mol. The minimum Gasteiger partial charge on any atom is -0.507 e. The van der Waals surface area contributed by atoms with Crippen LogP contribution >= 0.6 is 0 Å². The van der Waals surface area contributed by atoms with Gasteiger partial charge in [0.25, 0.3) is 0 Å². The number of aromatic nitrogens is 1. The van der Waals surface area contributed by atoms with Crippen LogP contribution in [0.5, 0.6) is 11.5 Å². The fourth-order valence-corrected chi connectivity index (χ4v) is 4.37. The number of benzene rings is 2. The lowest BCUT2D eigenvalue weighted by Gasteiger charge is -2.36. The number of phenolic OH excluding ortho intramolecular Hbond substituents is 1. The number of rotatable bonds is 4. The number of anilines is 1. The average Bonchev–Trinajstić information content (AvgIpc) is 3.14. The second-order valence-corrected chi connectivity index (χ2v) is 8.33. The van der Waals surface area contributed by atoms with Crippen molar-refractivity contribution in [3.63, 3.8) is 0 Å². The summed E-state index contributed by atoms with van der Waals surface area (Å²) >= 11 is 0. The van der Waals surface area contributed by atoms with Crippen molar-refractivity contribution in [2.24, 2.45) is 0 Å². The van der Waals surface area contributed by atoms with Crippen molar-refractivity contribution >= 4 is 17.5 Å². The van der Waals surface area contributed by atoms with Crippen molar-refractivity contribution in [3.05, 3.63) is 88.7 Å². The Bertz CT molecular complexity index is 1220. The molecule has 7 heteroatoms. The van der Waals surface area contributed by atoms with Gasteiger partial charge in [0.05, 0.1) is 16.8 Å². The highest BCUT2D eigenvalue weighted by Gasteiger charge is 2.34. The summed E-state index contributed by atoms with van der Waals surface area (Å²) in [7, 11) is 0. The van der Waals surface area contributed by atoms with Gasteiger partial charge >= 0.3 is 0 Å². The molecule has 0 aliphatic carbocycles. The molecule has 0 bridgehead atoms. The first kappa shape index (κ1) is 21.2. The first-order valence-electron chi connectivity index (χ1n) is 10.9. The molecular weight excluding hydrogens is 421 g/mol. The number of aromatic hydroxyl groups is 1. The summed E-state index contributed by atoms with van der Waals surface area (Å²) in [5, 5.41) is 10.7. The number of nitrogens with zero attached hydrogens (tertiary/aromatic N) is 3. The van der Waals surface area contributed by atoms with E-state index in [0.717, 1.165) is 31.9 Å². The van der Waals surface area contributed by atoms with Crippen LogP contribution in [0.2, 0.25) is 0 Å². The summed E-state index contributed by atoms with van der Waals surface area (Å²) in [4.78, 5) is 21.7. The van der Waals surface area contributed by atoms with E-state index in [2.05, 4.69) is 14.8 Å². The highest BCUT2D eigenvalue weighted by atomic mass is 19.1. The Morgan fingerprint density at radius 1 is 1.12 bits per heavy atom. The zero-order valence-corrected chi connectivity index (χ0v) is 18.3. The van der Waals surface area contributed by atoms with Crippen LogP contribution in [0.15, 0.2) is 60.5 Å². The molecule has 0 unspecified atom stereocenters. The Hall–Kier alpha value is -3.71. The number of ketones is 1. The molecule has 1 aromatic heterocycles. The summed E-state index contributed by atoms with van der Waals surface area (Å²) in [6.45, 7) is 5.37. The lowest BCUT2D eigenvalue weighted by atomic mass is 9.99. The van der Waals surface area contributed by atoms with E-state index in [4.69, 9.17) is 4.74 Å². The normalized spacial score (nSPS) is 17.3. The largest absolute Gasteiger partial charge is 0.507 e. The number of pyridine rings is 1. The molecule has 3 aromatic rings. The number of phenols is 1. The van der Waals surface area contributed by atoms with E-state index in [9.17, 15) is 14.3 Å². The molecule has 2 aromatic carbocycles. The molecule has 6 nitrogen and oxygen atoms in total. The van der Waals surface area contributed by atoms with Crippen molar-refractivity contribution in [1.29, 1.82) is 0 Å². The van der Waals surface area contributed by atoms with Crippen LogP contribution in [0.25, 0.3) is 6.08 Å². The molecule has 2 aliphatic heterocycles. The van der Waals surface area contributed by atoms with Gasteiger partial charge in [0.2, 0.25) is 5.78 Å². The summed E-state index contributed by atoms with van der Waals surface area (Å²) in [6, 6.07) is 13.6. The van der Waals surface area contributed by atoms with Crippen molar-refractivity contribution in [3.8, 4) is 11.5 Å². The molecule has 0 amide bonds. The molecule has 0 radical (unpaired) electrons. The summed E-state index contributed by atoms with van der Waals surface area (Å²) in [5.41, 5.74) is 3.42. The Kier molecular flexibility index (Phi) is 5.56. The molecular formula is C26H24FN3O3. The molecule has 1 fully saturated rings. The van der Waals surface area contributed by atoms with Crippen molar-refractivity contribution in [1.82, 2.24) is 9.88 Å². The van der Waals surface area contributed by atoms with E-state index in [1.807, 2.05) is 12.1 Å². The Labute approximate surface area is 191 Å². The second kappa shape index (κ2) is 8.67. The number of piperazine rings is 1. The first-order chi connectivity index (χ1) is 16.0. The molecule has 1 N–H and O–H groups in total. The van der Waals surface area contributed by atoms with Crippen molar-refractivity contribution in [2.45, 2.75) is 13.5 Å². The average molecular weight is 445 g/mol. The van der Waals surface area contributed by atoms with Gasteiger partial charge in [-0.3, -0.25) is 14.7 Å². The zero-order valence-electron chi connectivity index (χ0n) is 18.3. The molecule has 3 heterocycles. The Morgan fingerprint density at radius 2 is 1.88 bits per heavy atom. The third-order valence-electron chi connectivity index (χ3n) is 6.13. The second-order valence-electron chi connectivity index (χ2n) is 8.33. The van der Waals surface area contributed by atoms with Gasteiger partial charge in [-0.2, -0.15) is 0 Å². The van der Waals surface area contributed by atoms with E-state index in [-0.39, 0.29) is 23.1 Å². The Morgan fingerprint density at radius 3 is 2.58 bits per heavy atom. The van der Waals surface area contributed by atoms with Crippen LogP contribution in [0.3, 0.4) is 0 Å². The summed E-state index contributed by atoms with van der Waals surface area (Å²) in [6.07, 6.45) is 3.29. The maximum atomic E-state index is 13.2. The van der Waals surface area contributed by atoms with Crippen LogP contribution in [-0.2, 0) is 6.54 Å². The molecule has 33 heavy (non-hydrogen) atoms. The minimum absolute atomic E-state index is 0.124. The number of allylic oxidation sites excluding steroid dienone is 1. The maximum Gasteiger partial charge on any atom is 0.232 e. The van der Waals surface area contributed by atoms with Crippen LogP contribution in [0, 0.1) is 12.7 Å². The number of Topliss-reactive ketones (excluding diaryl/α,β-unsaturated/α-hetero) is 1. The number of ether oxygens (including phenoxy) is 1. The van der Waals surface area contributed by atoms with Gasteiger partial charge in [-0.15, -0.1) is 0 Å². The van der Waals surface area contributed by atoms with Gasteiger partial charge in [0, 0.05) is 50.7 Å². The smallest absolute Gasteiger partial charge is 0.232 e. The van der Waals surface area contributed by atoms with E-state index < -0.39 is 0 Å². The van der Waals surface area contributed by atoms with Gasteiger partial charge < -0.3 is 14.7 Å². The number of fused-ring (bicyclic) bond motifs is 1. The van der Waals surface area contributed by atoms with Gasteiger partial charge in [0.15, 0.2) is 5.76 Å². The number of carbonyl (C=O) groups is 1. The first-order valence-corrected chi connectivity index (χ1v) is 10.9. The van der Waals surface area contributed by atoms with Gasteiger partial charge in [-0.25, -0.2) is 4.39 Å². The SMILES string of the molecule is Cc1cc(O)c(CN2CCN(c3ccc(F)cc3)CC2)c2c1C(=O)/C(=C/c1ccccn1)O2. The van der Waals surface area contributed by atoms with Gasteiger partial charge in [-0.1, -0.05) is 6.07 Å². The highest BCUT2D eigenvalue weighted by molar-refractivity contribution is 6.15. The number of hydrogen-bond donors (Lipinski definition) is 1. The molecule has 5 rings (SSSR count). The molecule has 0 atom stereocenters. The topological polar surface area (TPSA) is 65.9 Å². The molecule has 168 valence electrons. The van der Waals surface area contributed by atoms with E-state index in [1.165, 1.54) is 12.1 Å². The van der Waals surface area contributed by atoms with E-state index in [1.54, 1.807) is 43.5 Å². The monoisotopic (exact) mass is 445 g/mol. The summed E-state index contributed by atoms with van der Waals surface area (Å²) in [5.74, 6) is 0.321. The molecule has 0 saturated carbocycles. The van der Waals surface area contributed by atoms with Gasteiger partial charge in [-0.05, 0) is 55.0 Å². The van der Waals surface area contributed by atoms with Crippen LogP contribution < -0.4 is 9.64 Å². The van der Waals surface area contributed by atoms with E-state index >= 15 is 0 Å². The Balaban J connectivity index is 1.35. The van der Waals surface area contributed by atoms with Crippen molar-refractivity contribution in [2.75, 3.05) is 31.1 Å². The summed E-state index contributed by atoms with van der Waals surface area (Å²) < 4.78 is 19.2. The number of hydrogen-bond acceptors (Lipinski definition) is 6.